The van der Waals surface area contributed by atoms with Crippen molar-refractivity contribution >= 4 is 17.5 Å². The van der Waals surface area contributed by atoms with Crippen molar-refractivity contribution in [2.24, 2.45) is 0 Å². The number of benzene rings is 1. The average Bonchev–Trinajstić information content (AvgIpc) is 3.13. The number of nitrogens with one attached hydrogen (secondary N) is 1. The number of amides is 2. The Balaban J connectivity index is 1.49. The third kappa shape index (κ3) is 4.44. The number of aromatic nitrogens is 2. The van der Waals surface area contributed by atoms with Gasteiger partial charge >= 0.3 is 0 Å². The van der Waals surface area contributed by atoms with Crippen molar-refractivity contribution in [3.05, 3.63) is 41.7 Å². The molecule has 0 spiro atoms. The Bertz CT molecular complexity index is 823. The number of hydrogen-bond acceptors (Lipinski definition) is 5. The van der Waals surface area contributed by atoms with E-state index in [1.54, 1.807) is 22.8 Å². The first-order valence-electron chi connectivity index (χ1n) is 9.51. The van der Waals surface area contributed by atoms with Crippen molar-refractivity contribution in [2.75, 3.05) is 44.7 Å². The molecule has 0 aliphatic carbocycles. The summed E-state index contributed by atoms with van der Waals surface area (Å²) in [5.41, 5.74) is 2.38. The molecule has 0 unspecified atom stereocenters. The van der Waals surface area contributed by atoms with Crippen molar-refractivity contribution in [1.29, 1.82) is 0 Å². The Morgan fingerprint density at radius 2 is 1.82 bits per heavy atom. The highest BCUT2D eigenvalue weighted by molar-refractivity contribution is 5.95. The van der Waals surface area contributed by atoms with Crippen LogP contribution in [0.5, 0.6) is 5.75 Å². The average molecular weight is 385 g/mol. The lowest BCUT2D eigenvalue weighted by atomic mass is 10.2. The normalized spacial score (nSPS) is 14.1. The third-order valence-electron chi connectivity index (χ3n) is 4.90. The number of methoxy groups -OCH3 is 1. The molecule has 28 heavy (non-hydrogen) atoms. The molecule has 1 saturated heterocycles. The Morgan fingerprint density at radius 3 is 2.43 bits per heavy atom. The first-order chi connectivity index (χ1) is 13.5. The minimum Gasteiger partial charge on any atom is -0.497 e. The van der Waals surface area contributed by atoms with Gasteiger partial charge in [-0.25, -0.2) is 0 Å². The molecule has 0 radical (unpaired) electrons. The number of aryl methyl sites for hydroxylation is 2. The van der Waals surface area contributed by atoms with Crippen molar-refractivity contribution in [1.82, 2.24) is 20.0 Å². The van der Waals surface area contributed by atoms with Crippen molar-refractivity contribution in [3.63, 3.8) is 0 Å². The second-order valence-electron chi connectivity index (χ2n) is 6.74. The quantitative estimate of drug-likeness (QED) is 0.811. The molecule has 2 aromatic rings. The molecule has 8 nitrogen and oxygen atoms in total. The smallest absolute Gasteiger partial charge is 0.269 e. The van der Waals surface area contributed by atoms with Gasteiger partial charge in [-0.05, 0) is 44.2 Å². The van der Waals surface area contributed by atoms with E-state index in [2.05, 4.69) is 15.3 Å². The number of hydrogen-bond donors (Lipinski definition) is 1. The maximum Gasteiger partial charge on any atom is 0.269 e. The van der Waals surface area contributed by atoms with Gasteiger partial charge in [0.2, 0.25) is 5.91 Å². The summed E-state index contributed by atoms with van der Waals surface area (Å²) in [5, 5.41) is 6.98. The van der Waals surface area contributed by atoms with E-state index in [-0.39, 0.29) is 18.4 Å². The second kappa shape index (κ2) is 8.77. The minimum absolute atomic E-state index is 0.00465. The van der Waals surface area contributed by atoms with Crippen LogP contribution in [0.2, 0.25) is 0 Å². The molecule has 0 atom stereocenters. The van der Waals surface area contributed by atoms with Gasteiger partial charge in [0, 0.05) is 38.4 Å². The molecule has 1 N–H and O–H groups in total. The van der Waals surface area contributed by atoms with Gasteiger partial charge in [-0.3, -0.25) is 14.3 Å². The first-order valence-corrected chi connectivity index (χ1v) is 9.51. The molecule has 0 saturated carbocycles. The maximum atomic E-state index is 12.5. The lowest BCUT2D eigenvalue weighted by Crippen LogP contribution is -2.51. The molecule has 2 amide bonds. The minimum atomic E-state index is -0.271. The van der Waals surface area contributed by atoms with Crippen LogP contribution < -0.4 is 15.0 Å². The molecule has 1 aromatic carbocycles. The highest BCUT2D eigenvalue weighted by atomic mass is 16.5. The summed E-state index contributed by atoms with van der Waals surface area (Å²) in [7, 11) is 1.65. The SMILES string of the molecule is CCn1nc(C)cc1C(=O)NCC(=O)N1CCN(c2ccc(OC)cc2)CC1. The van der Waals surface area contributed by atoms with Gasteiger partial charge in [-0.15, -0.1) is 0 Å². The molecule has 1 aliphatic heterocycles. The fourth-order valence-electron chi connectivity index (χ4n) is 3.33. The monoisotopic (exact) mass is 385 g/mol. The Labute approximate surface area is 165 Å². The van der Waals surface area contributed by atoms with Crippen LogP contribution in [0.4, 0.5) is 5.69 Å². The van der Waals surface area contributed by atoms with Crippen LogP contribution in [0.15, 0.2) is 30.3 Å². The van der Waals surface area contributed by atoms with Crippen LogP contribution in [0.1, 0.15) is 23.1 Å². The lowest BCUT2D eigenvalue weighted by Gasteiger charge is -2.36. The molecular weight excluding hydrogens is 358 g/mol. The van der Waals surface area contributed by atoms with Crippen LogP contribution in [0.25, 0.3) is 0 Å². The van der Waals surface area contributed by atoms with Crippen LogP contribution in [-0.2, 0) is 11.3 Å². The standard InChI is InChI=1S/C20H27N5O3/c1-4-25-18(13-15(2)22-25)20(27)21-14-19(26)24-11-9-23(10-12-24)16-5-7-17(28-3)8-6-16/h5-8,13H,4,9-12,14H2,1-3H3,(H,21,27). The van der Waals surface area contributed by atoms with Crippen LogP contribution in [0, 0.1) is 6.92 Å². The molecular formula is C20H27N5O3. The Hall–Kier alpha value is -3.03. The molecule has 8 heteroatoms. The molecule has 1 fully saturated rings. The predicted molar refractivity (Wildman–Crippen MR) is 107 cm³/mol. The molecule has 1 aromatic heterocycles. The summed E-state index contributed by atoms with van der Waals surface area (Å²) in [4.78, 5) is 28.9. The summed E-state index contributed by atoms with van der Waals surface area (Å²) >= 11 is 0. The van der Waals surface area contributed by atoms with Gasteiger partial charge in [0.05, 0.1) is 19.3 Å². The van der Waals surface area contributed by atoms with E-state index in [9.17, 15) is 9.59 Å². The summed E-state index contributed by atoms with van der Waals surface area (Å²) in [6.45, 7) is 7.15. The number of rotatable bonds is 6. The highest BCUT2D eigenvalue weighted by Crippen LogP contribution is 2.20. The summed E-state index contributed by atoms with van der Waals surface area (Å²) in [6.07, 6.45) is 0. The van der Waals surface area contributed by atoms with Gasteiger partial charge in [-0.1, -0.05) is 0 Å². The zero-order valence-corrected chi connectivity index (χ0v) is 16.6. The van der Waals surface area contributed by atoms with Gasteiger partial charge < -0.3 is 19.9 Å². The van der Waals surface area contributed by atoms with Crippen LogP contribution >= 0.6 is 0 Å². The third-order valence-corrected chi connectivity index (χ3v) is 4.90. The number of nitrogens with zero attached hydrogens (tertiary/aromatic N) is 4. The lowest BCUT2D eigenvalue weighted by molar-refractivity contribution is -0.130. The fourth-order valence-corrected chi connectivity index (χ4v) is 3.33. The Morgan fingerprint density at radius 1 is 1.14 bits per heavy atom. The number of carbonyl (C=O) groups excluding carboxylic acids is 2. The number of piperazine rings is 1. The van der Waals surface area contributed by atoms with Gasteiger partial charge in [0.1, 0.15) is 11.4 Å². The summed E-state index contributed by atoms with van der Waals surface area (Å²) < 4.78 is 6.83. The van der Waals surface area contributed by atoms with Crippen LogP contribution in [0.3, 0.4) is 0 Å². The first kappa shape index (κ1) is 19.7. The molecule has 3 rings (SSSR count). The zero-order valence-electron chi connectivity index (χ0n) is 16.6. The van der Waals surface area contributed by atoms with E-state index in [0.717, 1.165) is 30.2 Å². The van der Waals surface area contributed by atoms with E-state index < -0.39 is 0 Å². The Kier molecular flexibility index (Phi) is 6.18. The van der Waals surface area contributed by atoms with Crippen LogP contribution in [-0.4, -0.2) is 66.3 Å². The molecule has 0 bridgehead atoms. The molecule has 1 aliphatic rings. The molecule has 150 valence electrons. The number of ether oxygens (including phenoxy) is 1. The van der Waals surface area contributed by atoms with Crippen molar-refractivity contribution in [2.45, 2.75) is 20.4 Å². The summed E-state index contributed by atoms with van der Waals surface area (Å²) in [5.74, 6) is 0.489. The fraction of sp³-hybridized carbons (Fsp3) is 0.450. The van der Waals surface area contributed by atoms with E-state index >= 15 is 0 Å². The van der Waals surface area contributed by atoms with E-state index in [1.807, 2.05) is 38.1 Å². The van der Waals surface area contributed by atoms with Gasteiger partial charge in [0.25, 0.3) is 5.91 Å². The summed E-state index contributed by atoms with van der Waals surface area (Å²) in [6, 6.07) is 9.65. The van der Waals surface area contributed by atoms with Gasteiger partial charge in [0.15, 0.2) is 0 Å². The van der Waals surface area contributed by atoms with E-state index in [4.69, 9.17) is 4.74 Å². The maximum absolute atomic E-state index is 12.5. The zero-order chi connectivity index (χ0) is 20.1. The number of anilines is 1. The van der Waals surface area contributed by atoms with E-state index in [0.29, 0.717) is 25.3 Å². The van der Waals surface area contributed by atoms with E-state index in [1.165, 1.54) is 0 Å². The predicted octanol–water partition coefficient (Wildman–Crippen LogP) is 1.30. The largest absolute Gasteiger partial charge is 0.497 e. The highest BCUT2D eigenvalue weighted by Gasteiger charge is 2.22. The van der Waals surface area contributed by atoms with Crippen molar-refractivity contribution in [3.8, 4) is 5.75 Å². The second-order valence-corrected chi connectivity index (χ2v) is 6.74. The van der Waals surface area contributed by atoms with Crippen molar-refractivity contribution < 1.29 is 14.3 Å². The van der Waals surface area contributed by atoms with Gasteiger partial charge in [-0.2, -0.15) is 5.10 Å². The topological polar surface area (TPSA) is 79.7 Å². The molecule has 2 heterocycles. The number of carbonyl (C=O) groups is 2.